The predicted molar refractivity (Wildman–Crippen MR) is 99.3 cm³/mol. The van der Waals surface area contributed by atoms with Crippen LogP contribution in [0.4, 0.5) is 5.69 Å². The summed E-state index contributed by atoms with van der Waals surface area (Å²) in [6, 6.07) is 11.3. The highest BCUT2D eigenvalue weighted by atomic mass is 35.5. The summed E-state index contributed by atoms with van der Waals surface area (Å²) in [6.45, 7) is 0.120. The molecule has 0 aliphatic rings. The molecule has 0 bridgehead atoms. The summed E-state index contributed by atoms with van der Waals surface area (Å²) in [4.78, 5) is 10.5. The van der Waals surface area contributed by atoms with Crippen molar-refractivity contribution in [1.82, 2.24) is 10.2 Å². The van der Waals surface area contributed by atoms with Gasteiger partial charge in [0.25, 0.3) is 16.8 Å². The molecule has 8 nitrogen and oxygen atoms in total. The Morgan fingerprint density at radius 2 is 2.00 bits per heavy atom. The molecular formula is C17H14ClN3O5S. The molecule has 0 fully saturated rings. The van der Waals surface area contributed by atoms with Crippen molar-refractivity contribution in [2.24, 2.45) is 0 Å². The number of rotatable bonds is 8. The van der Waals surface area contributed by atoms with Gasteiger partial charge in [0.05, 0.1) is 12.0 Å². The zero-order chi connectivity index (χ0) is 19.2. The molecular weight excluding hydrogens is 394 g/mol. The van der Waals surface area contributed by atoms with Gasteiger partial charge in [0.15, 0.2) is 6.61 Å². The minimum absolute atomic E-state index is 0.00557. The van der Waals surface area contributed by atoms with Crippen LogP contribution in [-0.2, 0) is 12.4 Å². The van der Waals surface area contributed by atoms with E-state index in [0.717, 1.165) is 0 Å². The van der Waals surface area contributed by atoms with Gasteiger partial charge in [-0.1, -0.05) is 23.4 Å². The van der Waals surface area contributed by atoms with E-state index in [1.165, 1.54) is 31.0 Å². The molecule has 0 atom stereocenters. The van der Waals surface area contributed by atoms with Gasteiger partial charge in [-0.2, -0.15) is 0 Å². The third kappa shape index (κ3) is 5.11. The second kappa shape index (κ2) is 8.74. The Morgan fingerprint density at radius 1 is 1.22 bits per heavy atom. The molecule has 1 aromatic heterocycles. The van der Waals surface area contributed by atoms with Gasteiger partial charge in [-0.3, -0.25) is 10.1 Å². The van der Waals surface area contributed by atoms with E-state index in [-0.39, 0.29) is 12.3 Å². The summed E-state index contributed by atoms with van der Waals surface area (Å²) in [7, 11) is 1.51. The minimum Gasteiger partial charge on any atom is -0.496 e. The van der Waals surface area contributed by atoms with Crippen LogP contribution in [-0.4, -0.2) is 22.2 Å². The first-order chi connectivity index (χ1) is 13.0. The van der Waals surface area contributed by atoms with E-state index in [1.807, 2.05) is 0 Å². The van der Waals surface area contributed by atoms with E-state index in [2.05, 4.69) is 10.2 Å². The lowest BCUT2D eigenvalue weighted by Gasteiger charge is -2.06. The van der Waals surface area contributed by atoms with Crippen LogP contribution in [0.3, 0.4) is 0 Å². The maximum Gasteiger partial charge on any atom is 0.277 e. The Labute approximate surface area is 163 Å². The number of nitrogens with zero attached hydrogens (tertiary/aromatic N) is 3. The number of thioether (sulfide) groups is 1. The van der Waals surface area contributed by atoms with Crippen LogP contribution in [0, 0.1) is 10.1 Å². The first-order valence-corrected chi connectivity index (χ1v) is 9.06. The van der Waals surface area contributed by atoms with Crippen LogP contribution in [0.1, 0.15) is 11.5 Å². The topological polar surface area (TPSA) is 101 Å². The van der Waals surface area contributed by atoms with E-state index in [1.54, 1.807) is 30.3 Å². The maximum absolute atomic E-state index is 10.9. The molecule has 140 valence electrons. The number of ether oxygens (including phenoxy) is 2. The number of hydrogen-bond donors (Lipinski definition) is 0. The fourth-order valence-corrected chi connectivity index (χ4v) is 3.05. The zero-order valence-corrected chi connectivity index (χ0v) is 15.7. The highest BCUT2D eigenvalue weighted by molar-refractivity contribution is 7.98. The molecule has 0 unspecified atom stereocenters. The Morgan fingerprint density at radius 3 is 2.70 bits per heavy atom. The van der Waals surface area contributed by atoms with E-state index in [9.17, 15) is 10.1 Å². The lowest BCUT2D eigenvalue weighted by atomic mass is 10.2. The number of nitro benzene ring substituents is 1. The van der Waals surface area contributed by atoms with E-state index in [0.29, 0.717) is 39.0 Å². The molecule has 3 rings (SSSR count). The summed E-state index contributed by atoms with van der Waals surface area (Å²) < 4.78 is 16.3. The summed E-state index contributed by atoms with van der Waals surface area (Å²) in [6.07, 6.45) is 0. The number of aromatic nitrogens is 2. The molecule has 0 amide bonds. The number of benzene rings is 2. The highest BCUT2D eigenvalue weighted by Gasteiger charge is 2.14. The Balaban J connectivity index is 1.60. The molecule has 0 saturated carbocycles. The third-order valence-corrected chi connectivity index (χ3v) is 4.57. The maximum atomic E-state index is 10.9. The van der Waals surface area contributed by atoms with E-state index < -0.39 is 4.92 Å². The quantitative estimate of drug-likeness (QED) is 0.305. The minimum atomic E-state index is -0.452. The lowest BCUT2D eigenvalue weighted by Crippen LogP contribution is -1.95. The zero-order valence-electron chi connectivity index (χ0n) is 14.1. The molecule has 27 heavy (non-hydrogen) atoms. The standard InChI is InChI=1S/C17H14ClN3O5S/c1-24-15-7-4-13(21(22)23)8-11(15)10-27-17-20-19-16(26-17)9-25-14-5-2-12(18)3-6-14/h2-8H,9-10H2,1H3. The van der Waals surface area contributed by atoms with Gasteiger partial charge in [-0.15, -0.1) is 10.2 Å². The van der Waals surface area contributed by atoms with Crippen molar-refractivity contribution in [3.63, 3.8) is 0 Å². The van der Waals surface area contributed by atoms with Crippen molar-refractivity contribution in [3.05, 3.63) is 69.1 Å². The largest absolute Gasteiger partial charge is 0.496 e. The molecule has 0 N–H and O–H groups in total. The van der Waals surface area contributed by atoms with Crippen molar-refractivity contribution < 1.29 is 18.8 Å². The second-order valence-corrected chi connectivity index (χ2v) is 6.61. The fraction of sp³-hybridized carbons (Fsp3) is 0.176. The van der Waals surface area contributed by atoms with Crippen molar-refractivity contribution in [1.29, 1.82) is 0 Å². The smallest absolute Gasteiger partial charge is 0.277 e. The van der Waals surface area contributed by atoms with E-state index in [4.69, 9.17) is 25.5 Å². The average Bonchev–Trinajstić information content (AvgIpc) is 3.13. The molecule has 0 spiro atoms. The molecule has 3 aromatic rings. The Bertz CT molecular complexity index is 933. The van der Waals surface area contributed by atoms with Crippen molar-refractivity contribution in [2.75, 3.05) is 7.11 Å². The number of non-ortho nitro benzene ring substituents is 1. The van der Waals surface area contributed by atoms with Crippen molar-refractivity contribution in [2.45, 2.75) is 17.6 Å². The molecule has 0 saturated heterocycles. The molecule has 0 radical (unpaired) electrons. The Hall–Kier alpha value is -2.78. The predicted octanol–water partition coefficient (Wildman–Crippen LogP) is 4.51. The van der Waals surface area contributed by atoms with Gasteiger partial charge in [0, 0.05) is 28.5 Å². The summed E-state index contributed by atoms with van der Waals surface area (Å²) in [5, 5.41) is 19.7. The summed E-state index contributed by atoms with van der Waals surface area (Å²) in [5.41, 5.74) is 0.655. The van der Waals surface area contributed by atoms with Gasteiger partial charge < -0.3 is 13.9 Å². The molecule has 2 aromatic carbocycles. The van der Waals surface area contributed by atoms with Gasteiger partial charge in [0.2, 0.25) is 0 Å². The van der Waals surface area contributed by atoms with Crippen molar-refractivity contribution >= 4 is 29.1 Å². The normalized spacial score (nSPS) is 10.6. The van der Waals surface area contributed by atoms with Gasteiger partial charge >= 0.3 is 0 Å². The highest BCUT2D eigenvalue weighted by Crippen LogP contribution is 2.30. The third-order valence-electron chi connectivity index (χ3n) is 3.45. The molecule has 0 aliphatic heterocycles. The first-order valence-electron chi connectivity index (χ1n) is 7.70. The average molecular weight is 408 g/mol. The SMILES string of the molecule is COc1ccc([N+](=O)[O-])cc1CSc1nnc(COc2ccc(Cl)cc2)o1. The number of nitro groups is 1. The molecule has 1 heterocycles. The van der Waals surface area contributed by atoms with Crippen LogP contribution < -0.4 is 9.47 Å². The number of methoxy groups -OCH3 is 1. The van der Waals surface area contributed by atoms with Gasteiger partial charge in [-0.25, -0.2) is 0 Å². The second-order valence-electron chi connectivity index (χ2n) is 5.25. The number of halogens is 1. The van der Waals surface area contributed by atoms with Crippen LogP contribution >= 0.6 is 23.4 Å². The number of hydrogen-bond acceptors (Lipinski definition) is 8. The van der Waals surface area contributed by atoms with Crippen LogP contribution in [0.15, 0.2) is 52.1 Å². The summed E-state index contributed by atoms with van der Waals surface area (Å²) in [5.74, 6) is 1.88. The fourth-order valence-electron chi connectivity index (χ4n) is 2.16. The van der Waals surface area contributed by atoms with Crippen LogP contribution in [0.5, 0.6) is 11.5 Å². The molecule has 0 aliphatic carbocycles. The monoisotopic (exact) mass is 407 g/mol. The Kier molecular flexibility index (Phi) is 6.15. The summed E-state index contributed by atoms with van der Waals surface area (Å²) >= 11 is 7.07. The van der Waals surface area contributed by atoms with Gasteiger partial charge in [-0.05, 0) is 30.3 Å². The van der Waals surface area contributed by atoms with Crippen molar-refractivity contribution in [3.8, 4) is 11.5 Å². The lowest BCUT2D eigenvalue weighted by molar-refractivity contribution is -0.384. The van der Waals surface area contributed by atoms with E-state index >= 15 is 0 Å². The van der Waals surface area contributed by atoms with Gasteiger partial charge in [0.1, 0.15) is 11.5 Å². The molecule has 10 heteroatoms. The van der Waals surface area contributed by atoms with Crippen LogP contribution in [0.2, 0.25) is 5.02 Å². The first kappa shape index (κ1) is 19.0. The van der Waals surface area contributed by atoms with Crippen LogP contribution in [0.25, 0.3) is 0 Å².